The molecule has 0 spiro atoms. The Morgan fingerprint density at radius 3 is 2.26 bits per heavy atom. The number of carbonyl (C=O) groups is 2. The van der Waals surface area contributed by atoms with Crippen molar-refractivity contribution in [2.24, 2.45) is 11.1 Å². The van der Waals surface area contributed by atoms with Gasteiger partial charge in [0.05, 0.1) is 12.5 Å². The molecule has 1 heterocycles. The second kappa shape index (κ2) is 5.49. The van der Waals surface area contributed by atoms with Gasteiger partial charge in [-0.2, -0.15) is 0 Å². The third kappa shape index (κ3) is 3.08. The van der Waals surface area contributed by atoms with E-state index in [1.54, 1.807) is 4.90 Å². The van der Waals surface area contributed by atoms with E-state index in [1.807, 2.05) is 27.7 Å². The number of nitrogens with zero attached hydrogens (tertiary/aromatic N) is 1. The van der Waals surface area contributed by atoms with Crippen LogP contribution in [0, 0.1) is 5.41 Å². The highest BCUT2D eigenvalue weighted by Crippen LogP contribution is 2.33. The third-order valence-electron chi connectivity index (χ3n) is 4.38. The second-order valence-corrected chi connectivity index (χ2v) is 6.38. The molecule has 0 saturated carbocycles. The van der Waals surface area contributed by atoms with Crippen molar-refractivity contribution in [3.05, 3.63) is 0 Å². The maximum atomic E-state index is 12.7. The van der Waals surface area contributed by atoms with E-state index < -0.39 is 17.0 Å². The Kier molecular flexibility index (Phi) is 4.61. The lowest BCUT2D eigenvalue weighted by molar-refractivity contribution is -0.160. The molecule has 19 heavy (non-hydrogen) atoms. The largest absolute Gasteiger partial charge is 0.467 e. The number of rotatable bonds is 3. The summed E-state index contributed by atoms with van der Waals surface area (Å²) in [6.45, 7) is 7.93. The summed E-state index contributed by atoms with van der Waals surface area (Å²) < 4.78 is 4.80. The van der Waals surface area contributed by atoms with Crippen LogP contribution in [0.15, 0.2) is 0 Å². The highest BCUT2D eigenvalue weighted by molar-refractivity contribution is 5.88. The Balaban J connectivity index is 2.98. The minimum absolute atomic E-state index is 0.0740. The van der Waals surface area contributed by atoms with Crippen LogP contribution in [0.1, 0.15) is 47.0 Å². The molecule has 1 rings (SSSR count). The van der Waals surface area contributed by atoms with Crippen LogP contribution in [0.4, 0.5) is 0 Å². The molecule has 5 nitrogen and oxygen atoms in total. The number of amides is 1. The van der Waals surface area contributed by atoms with Crippen LogP contribution in [-0.4, -0.2) is 42.0 Å². The predicted molar refractivity (Wildman–Crippen MR) is 73.4 cm³/mol. The fourth-order valence-electron chi connectivity index (χ4n) is 2.19. The molecule has 1 unspecified atom stereocenters. The normalized spacial score (nSPS) is 21.2. The first-order valence-corrected chi connectivity index (χ1v) is 6.80. The molecular weight excluding hydrogens is 244 g/mol. The highest BCUT2D eigenvalue weighted by atomic mass is 16.5. The summed E-state index contributed by atoms with van der Waals surface area (Å²) in [6.07, 6.45) is 2.52. The van der Waals surface area contributed by atoms with Crippen molar-refractivity contribution in [1.29, 1.82) is 0 Å². The van der Waals surface area contributed by atoms with E-state index in [2.05, 4.69) is 0 Å². The summed E-state index contributed by atoms with van der Waals surface area (Å²) in [6, 6.07) is -0.465. The molecule has 0 aromatic rings. The zero-order valence-electron chi connectivity index (χ0n) is 12.7. The number of nitrogens with two attached hydrogens (primary N) is 1. The molecule has 1 aliphatic heterocycles. The molecule has 1 aliphatic rings. The number of methoxy groups -OCH3 is 1. The van der Waals surface area contributed by atoms with Crippen LogP contribution < -0.4 is 5.73 Å². The average Bonchev–Trinajstić information content (AvgIpc) is 2.35. The van der Waals surface area contributed by atoms with Crippen molar-refractivity contribution in [3.63, 3.8) is 0 Å². The molecule has 0 aromatic heterocycles. The van der Waals surface area contributed by atoms with E-state index in [1.165, 1.54) is 7.11 Å². The Morgan fingerprint density at radius 2 is 1.79 bits per heavy atom. The molecule has 1 saturated heterocycles. The van der Waals surface area contributed by atoms with Crippen molar-refractivity contribution in [2.45, 2.75) is 58.5 Å². The van der Waals surface area contributed by atoms with E-state index in [9.17, 15) is 9.59 Å². The maximum absolute atomic E-state index is 12.7. The van der Waals surface area contributed by atoms with E-state index in [-0.39, 0.29) is 11.9 Å². The summed E-state index contributed by atoms with van der Waals surface area (Å²) in [7, 11) is 1.36. The van der Waals surface area contributed by atoms with Crippen LogP contribution in [0.3, 0.4) is 0 Å². The average molecular weight is 270 g/mol. The summed E-state index contributed by atoms with van der Waals surface area (Å²) in [5.41, 5.74) is 4.74. The Morgan fingerprint density at radius 1 is 1.21 bits per heavy atom. The van der Waals surface area contributed by atoms with Gasteiger partial charge in [-0.15, -0.1) is 0 Å². The second-order valence-electron chi connectivity index (χ2n) is 6.38. The van der Waals surface area contributed by atoms with Crippen LogP contribution >= 0.6 is 0 Å². The minimum Gasteiger partial charge on any atom is -0.467 e. The fourth-order valence-corrected chi connectivity index (χ4v) is 2.19. The third-order valence-corrected chi connectivity index (χ3v) is 4.38. The zero-order chi connectivity index (χ0) is 14.8. The Labute approximate surface area is 115 Å². The molecule has 0 bridgehead atoms. The Hall–Kier alpha value is -1.10. The lowest BCUT2D eigenvalue weighted by Crippen LogP contribution is -2.60. The van der Waals surface area contributed by atoms with Gasteiger partial charge in [0.2, 0.25) is 5.91 Å². The van der Waals surface area contributed by atoms with Crippen molar-refractivity contribution in [3.8, 4) is 0 Å². The van der Waals surface area contributed by atoms with Crippen LogP contribution in [0.25, 0.3) is 0 Å². The molecule has 1 atom stereocenters. The van der Waals surface area contributed by atoms with Crippen molar-refractivity contribution < 1.29 is 14.3 Å². The van der Waals surface area contributed by atoms with Gasteiger partial charge in [0.25, 0.3) is 0 Å². The number of ether oxygens (including phenoxy) is 1. The number of piperidine rings is 1. The molecule has 110 valence electrons. The molecule has 0 aromatic carbocycles. The lowest BCUT2D eigenvalue weighted by Gasteiger charge is -2.44. The topological polar surface area (TPSA) is 72.6 Å². The SMILES string of the molecule is COC(=O)C1CCCCN1C(=O)C(C)(C)C(C)(C)N. The van der Waals surface area contributed by atoms with Crippen LogP contribution in [0.5, 0.6) is 0 Å². The van der Waals surface area contributed by atoms with Gasteiger partial charge < -0.3 is 15.4 Å². The maximum Gasteiger partial charge on any atom is 0.328 e. The first-order chi connectivity index (χ1) is 8.63. The van der Waals surface area contributed by atoms with Crippen molar-refractivity contribution in [2.75, 3.05) is 13.7 Å². The van der Waals surface area contributed by atoms with Gasteiger partial charge in [0, 0.05) is 12.1 Å². The number of hydrogen-bond donors (Lipinski definition) is 1. The van der Waals surface area contributed by atoms with Gasteiger partial charge in [0.15, 0.2) is 0 Å². The van der Waals surface area contributed by atoms with E-state index >= 15 is 0 Å². The summed E-state index contributed by atoms with van der Waals surface area (Å²) in [4.78, 5) is 26.2. The molecule has 0 aliphatic carbocycles. The molecule has 2 N–H and O–H groups in total. The van der Waals surface area contributed by atoms with Gasteiger partial charge >= 0.3 is 5.97 Å². The molecule has 0 radical (unpaired) electrons. The standard InChI is InChI=1S/C14H26N2O3/c1-13(2,14(3,4)15)12(18)16-9-7-6-8-10(16)11(17)19-5/h10H,6-9,15H2,1-5H3. The van der Waals surface area contributed by atoms with Gasteiger partial charge in [0.1, 0.15) is 6.04 Å². The van der Waals surface area contributed by atoms with Crippen molar-refractivity contribution in [1.82, 2.24) is 4.90 Å². The monoisotopic (exact) mass is 270 g/mol. The lowest BCUT2D eigenvalue weighted by atomic mass is 9.73. The van der Waals surface area contributed by atoms with E-state index in [0.717, 1.165) is 12.8 Å². The zero-order valence-corrected chi connectivity index (χ0v) is 12.7. The number of likely N-dealkylation sites (tertiary alicyclic amines) is 1. The quantitative estimate of drug-likeness (QED) is 0.785. The van der Waals surface area contributed by atoms with Gasteiger partial charge in [-0.05, 0) is 47.0 Å². The molecular formula is C14H26N2O3. The van der Waals surface area contributed by atoms with Crippen molar-refractivity contribution >= 4 is 11.9 Å². The van der Waals surface area contributed by atoms with Gasteiger partial charge in [-0.25, -0.2) is 4.79 Å². The van der Waals surface area contributed by atoms with Gasteiger partial charge in [-0.1, -0.05) is 0 Å². The van der Waals surface area contributed by atoms with E-state index in [0.29, 0.717) is 13.0 Å². The summed E-state index contributed by atoms with van der Waals surface area (Å²) >= 11 is 0. The fraction of sp³-hybridized carbons (Fsp3) is 0.857. The number of carbonyl (C=O) groups excluding carboxylic acids is 2. The first-order valence-electron chi connectivity index (χ1n) is 6.80. The molecule has 5 heteroatoms. The van der Waals surface area contributed by atoms with Crippen LogP contribution in [0.2, 0.25) is 0 Å². The number of hydrogen-bond acceptors (Lipinski definition) is 4. The minimum atomic E-state index is -0.726. The smallest absolute Gasteiger partial charge is 0.328 e. The number of esters is 1. The molecule has 1 fully saturated rings. The van der Waals surface area contributed by atoms with Gasteiger partial charge in [-0.3, -0.25) is 4.79 Å². The van der Waals surface area contributed by atoms with Crippen LogP contribution in [-0.2, 0) is 14.3 Å². The molecule has 1 amide bonds. The Bertz CT molecular complexity index is 358. The first kappa shape index (κ1) is 16.0. The highest BCUT2D eigenvalue weighted by Gasteiger charge is 2.46. The van der Waals surface area contributed by atoms with E-state index in [4.69, 9.17) is 10.5 Å². The summed E-state index contributed by atoms with van der Waals surface area (Å²) in [5, 5.41) is 0. The predicted octanol–water partition coefficient (Wildman–Crippen LogP) is 1.30. The summed E-state index contributed by atoms with van der Waals surface area (Å²) in [5.74, 6) is -0.409.